The highest BCUT2D eigenvalue weighted by atomic mass is 31.2. The molecular weight excluding hydrogens is 687 g/mol. The number of hydrogen-bond donors (Lipinski definition) is 1. The molecule has 9 heteroatoms. The Kier molecular flexibility index (Phi) is 38.2. The first-order valence-electron chi connectivity index (χ1n) is 21.3. The molecule has 0 aliphatic heterocycles. The number of ether oxygens (including phenoxy) is 2. The largest absolute Gasteiger partial charge is 0.472 e. The number of allylic oxidation sites excluding steroid dienone is 8. The van der Waals surface area contributed by atoms with Crippen molar-refractivity contribution in [1.82, 2.24) is 0 Å². The van der Waals surface area contributed by atoms with Crippen molar-refractivity contribution in [3.63, 3.8) is 0 Å². The van der Waals surface area contributed by atoms with E-state index in [2.05, 4.69) is 67.0 Å². The van der Waals surface area contributed by atoms with Crippen molar-refractivity contribution < 1.29 is 37.6 Å². The van der Waals surface area contributed by atoms with Crippen LogP contribution in [0.4, 0.5) is 0 Å². The Labute approximate surface area is 325 Å². The molecule has 0 fully saturated rings. The fraction of sp³-hybridized carbons (Fsp3) is 0.773. The molecule has 53 heavy (non-hydrogen) atoms. The standard InChI is InChI=1S/C44H79O8P/c1-4-6-8-10-12-14-16-18-19-20-21-22-23-24-25-27-29-31-33-35-37-39-44(46)52-42(41-51-53(47,48)49-3)40-50-43(45)38-36-34-32-30-28-26-17-15-13-11-9-7-5-2/h9,11,15-18,20-21,42H,4-8,10,12-14,19,22-41H2,1-3H3,(H,47,48)/b11-9-,17-15-,18-16-,21-20-. The van der Waals surface area contributed by atoms with Gasteiger partial charge in [-0.1, -0.05) is 159 Å². The second kappa shape index (κ2) is 39.7. The second-order valence-electron chi connectivity index (χ2n) is 14.1. The first kappa shape index (κ1) is 51.0. The number of esters is 2. The van der Waals surface area contributed by atoms with Crippen molar-refractivity contribution in [1.29, 1.82) is 0 Å². The summed E-state index contributed by atoms with van der Waals surface area (Å²) in [5.41, 5.74) is 0. The van der Waals surface area contributed by atoms with Crippen LogP contribution in [0.5, 0.6) is 0 Å². The maximum atomic E-state index is 12.5. The van der Waals surface area contributed by atoms with Crippen molar-refractivity contribution >= 4 is 19.8 Å². The van der Waals surface area contributed by atoms with Gasteiger partial charge in [-0.05, 0) is 70.6 Å². The van der Waals surface area contributed by atoms with Crippen LogP contribution in [-0.2, 0) is 32.7 Å². The molecule has 2 unspecified atom stereocenters. The van der Waals surface area contributed by atoms with Gasteiger partial charge >= 0.3 is 19.8 Å². The van der Waals surface area contributed by atoms with Crippen LogP contribution in [0.3, 0.4) is 0 Å². The summed E-state index contributed by atoms with van der Waals surface area (Å²) in [7, 11) is -3.21. The first-order valence-corrected chi connectivity index (χ1v) is 22.8. The Bertz CT molecular complexity index is 1010. The van der Waals surface area contributed by atoms with E-state index in [1.165, 1.54) is 83.5 Å². The molecule has 0 saturated carbocycles. The van der Waals surface area contributed by atoms with E-state index in [0.717, 1.165) is 84.2 Å². The first-order chi connectivity index (χ1) is 25.8. The van der Waals surface area contributed by atoms with Gasteiger partial charge in [-0.25, -0.2) is 4.57 Å². The molecule has 2 atom stereocenters. The van der Waals surface area contributed by atoms with E-state index < -0.39 is 26.5 Å². The van der Waals surface area contributed by atoms with Gasteiger partial charge in [0.15, 0.2) is 6.10 Å². The molecule has 308 valence electrons. The summed E-state index contributed by atoms with van der Waals surface area (Å²) < 4.78 is 31.9. The van der Waals surface area contributed by atoms with E-state index >= 15 is 0 Å². The number of unbranched alkanes of at least 4 members (excludes halogenated alkanes) is 20. The van der Waals surface area contributed by atoms with E-state index in [0.29, 0.717) is 6.42 Å². The lowest BCUT2D eigenvalue weighted by Gasteiger charge is -2.19. The molecule has 1 N–H and O–H groups in total. The van der Waals surface area contributed by atoms with Crippen molar-refractivity contribution in [2.75, 3.05) is 20.3 Å². The number of phosphoric ester groups is 1. The second-order valence-corrected chi connectivity index (χ2v) is 15.7. The molecule has 0 aromatic heterocycles. The Morgan fingerprint density at radius 2 is 0.943 bits per heavy atom. The number of hydrogen-bond acceptors (Lipinski definition) is 7. The number of carbonyl (C=O) groups is 2. The molecule has 0 heterocycles. The van der Waals surface area contributed by atoms with Gasteiger partial charge in [0.2, 0.25) is 0 Å². The van der Waals surface area contributed by atoms with Crippen LogP contribution in [-0.4, -0.2) is 43.3 Å². The van der Waals surface area contributed by atoms with Gasteiger partial charge in [0.1, 0.15) is 6.61 Å². The van der Waals surface area contributed by atoms with E-state index in [4.69, 9.17) is 14.0 Å². The van der Waals surface area contributed by atoms with Gasteiger partial charge < -0.3 is 14.4 Å². The molecule has 0 aromatic carbocycles. The summed E-state index contributed by atoms with van der Waals surface area (Å²) in [5.74, 6) is -0.826. The predicted molar refractivity (Wildman–Crippen MR) is 221 cm³/mol. The lowest BCUT2D eigenvalue weighted by atomic mass is 10.1. The van der Waals surface area contributed by atoms with Gasteiger partial charge in [-0.2, -0.15) is 0 Å². The van der Waals surface area contributed by atoms with Crippen molar-refractivity contribution in [3.05, 3.63) is 48.6 Å². The summed E-state index contributed by atoms with van der Waals surface area (Å²) in [6.45, 7) is 3.80. The summed E-state index contributed by atoms with van der Waals surface area (Å²) in [6, 6.07) is 0. The van der Waals surface area contributed by atoms with Crippen LogP contribution in [0.2, 0.25) is 0 Å². The molecule has 8 nitrogen and oxygen atoms in total. The fourth-order valence-corrected chi connectivity index (χ4v) is 6.19. The number of phosphoric acid groups is 1. The zero-order valence-corrected chi connectivity index (χ0v) is 35.1. The van der Waals surface area contributed by atoms with E-state index in [1.807, 2.05) is 0 Å². The quantitative estimate of drug-likeness (QED) is 0.0285. The zero-order valence-electron chi connectivity index (χ0n) is 34.2. The van der Waals surface area contributed by atoms with E-state index in [-0.39, 0.29) is 25.4 Å². The highest BCUT2D eigenvalue weighted by Gasteiger charge is 2.24. The molecule has 0 radical (unpaired) electrons. The fourth-order valence-electron chi connectivity index (χ4n) is 5.73. The van der Waals surface area contributed by atoms with Crippen LogP contribution in [0, 0.1) is 0 Å². The lowest BCUT2D eigenvalue weighted by molar-refractivity contribution is -0.161. The van der Waals surface area contributed by atoms with Crippen LogP contribution >= 0.6 is 7.82 Å². The molecule has 0 spiro atoms. The summed E-state index contributed by atoms with van der Waals surface area (Å²) in [5, 5.41) is 0. The Hall–Kier alpha value is -1.99. The Morgan fingerprint density at radius 3 is 1.40 bits per heavy atom. The van der Waals surface area contributed by atoms with Crippen LogP contribution in [0.1, 0.15) is 194 Å². The minimum Gasteiger partial charge on any atom is -0.462 e. The highest BCUT2D eigenvalue weighted by molar-refractivity contribution is 7.47. The smallest absolute Gasteiger partial charge is 0.462 e. The van der Waals surface area contributed by atoms with Crippen LogP contribution in [0.15, 0.2) is 48.6 Å². The maximum Gasteiger partial charge on any atom is 0.472 e. The molecule has 0 bridgehead atoms. The van der Waals surface area contributed by atoms with Gasteiger partial charge in [0, 0.05) is 20.0 Å². The number of rotatable bonds is 39. The molecule has 0 aromatic rings. The van der Waals surface area contributed by atoms with Gasteiger partial charge in [-0.3, -0.25) is 18.6 Å². The normalized spacial score (nSPS) is 13.8. The monoisotopic (exact) mass is 767 g/mol. The number of carbonyl (C=O) groups excluding carboxylic acids is 2. The molecule has 0 aliphatic rings. The summed E-state index contributed by atoms with van der Waals surface area (Å²) in [4.78, 5) is 34.4. The molecule has 0 saturated heterocycles. The van der Waals surface area contributed by atoms with E-state index in [9.17, 15) is 19.0 Å². The molecule has 0 rings (SSSR count). The van der Waals surface area contributed by atoms with Crippen LogP contribution < -0.4 is 0 Å². The SMILES string of the molecule is CCC/C=C\C/C=C\CCCCCCCC(=O)OCC(COP(=O)(O)OC)OC(=O)CCCCCCCCCCC/C=C\C/C=C\CCCCCCC. The van der Waals surface area contributed by atoms with Crippen LogP contribution in [0.25, 0.3) is 0 Å². The van der Waals surface area contributed by atoms with Crippen molar-refractivity contribution in [3.8, 4) is 0 Å². The zero-order chi connectivity index (χ0) is 38.9. The third-order valence-corrected chi connectivity index (χ3v) is 9.96. The average Bonchev–Trinajstić information content (AvgIpc) is 3.15. The third-order valence-electron chi connectivity index (χ3n) is 9.03. The summed E-state index contributed by atoms with van der Waals surface area (Å²) in [6.07, 6.45) is 47.3. The van der Waals surface area contributed by atoms with Crippen molar-refractivity contribution in [2.45, 2.75) is 200 Å². The third kappa shape index (κ3) is 39.5. The lowest BCUT2D eigenvalue weighted by Crippen LogP contribution is -2.29. The predicted octanol–water partition coefficient (Wildman–Crippen LogP) is 13.4. The topological polar surface area (TPSA) is 108 Å². The minimum absolute atomic E-state index is 0.235. The van der Waals surface area contributed by atoms with E-state index in [1.54, 1.807) is 0 Å². The Balaban J connectivity index is 4.00. The minimum atomic E-state index is -4.27. The molecule has 0 aliphatic carbocycles. The van der Waals surface area contributed by atoms with Gasteiger partial charge in [0.05, 0.1) is 6.61 Å². The van der Waals surface area contributed by atoms with Crippen molar-refractivity contribution in [2.24, 2.45) is 0 Å². The van der Waals surface area contributed by atoms with Gasteiger partial charge in [0.25, 0.3) is 0 Å². The molecule has 0 amide bonds. The highest BCUT2D eigenvalue weighted by Crippen LogP contribution is 2.42. The average molecular weight is 767 g/mol. The van der Waals surface area contributed by atoms with Gasteiger partial charge in [-0.15, -0.1) is 0 Å². The Morgan fingerprint density at radius 1 is 0.528 bits per heavy atom. The summed E-state index contributed by atoms with van der Waals surface area (Å²) >= 11 is 0. The molecular formula is C44H79O8P. The maximum absolute atomic E-state index is 12.5.